The summed E-state index contributed by atoms with van der Waals surface area (Å²) in [6, 6.07) is 1.91. The number of nitrogens with one attached hydrogen (secondary N) is 2. The van der Waals surface area contributed by atoms with Crippen LogP contribution in [0.4, 0.5) is 0 Å². The lowest BCUT2D eigenvalue weighted by Crippen LogP contribution is -2.40. The van der Waals surface area contributed by atoms with Gasteiger partial charge in [0.05, 0.1) is 17.7 Å². The predicted octanol–water partition coefficient (Wildman–Crippen LogP) is 0.0359. The van der Waals surface area contributed by atoms with E-state index in [1.54, 1.807) is 10.9 Å². The molecule has 1 amide bonds. The van der Waals surface area contributed by atoms with Gasteiger partial charge in [-0.05, 0) is 26.0 Å². The number of hydrogen-bond donors (Lipinski definition) is 2. The van der Waals surface area contributed by atoms with Crippen molar-refractivity contribution < 1.29 is 4.79 Å². The molecule has 1 aliphatic rings. The third kappa shape index (κ3) is 2.09. The fourth-order valence-corrected chi connectivity index (χ4v) is 1.97. The first-order valence-corrected chi connectivity index (χ1v) is 5.58. The third-order valence-corrected chi connectivity index (χ3v) is 3.27. The van der Waals surface area contributed by atoms with Crippen LogP contribution in [0.3, 0.4) is 0 Å². The normalized spacial score (nSPS) is 24.6. The van der Waals surface area contributed by atoms with E-state index >= 15 is 0 Å². The van der Waals surface area contributed by atoms with Gasteiger partial charge in [0.25, 0.3) is 0 Å². The molecule has 5 heteroatoms. The Balaban J connectivity index is 1.91. The molecule has 2 heterocycles. The topological polar surface area (TPSA) is 59.0 Å². The van der Waals surface area contributed by atoms with E-state index < -0.39 is 0 Å². The Bertz CT molecular complexity index is 379. The summed E-state index contributed by atoms with van der Waals surface area (Å²) in [6.45, 7) is 4.25. The number of nitrogens with zero attached hydrogens (tertiary/aromatic N) is 2. The quantitative estimate of drug-likeness (QED) is 0.759. The monoisotopic (exact) mass is 222 g/mol. The Morgan fingerprint density at radius 1 is 1.75 bits per heavy atom. The molecule has 0 radical (unpaired) electrons. The second kappa shape index (κ2) is 4.25. The van der Waals surface area contributed by atoms with Gasteiger partial charge in [-0.25, -0.2) is 0 Å². The van der Waals surface area contributed by atoms with Crippen molar-refractivity contribution >= 4 is 5.91 Å². The molecule has 2 N–H and O–H groups in total. The Labute approximate surface area is 95.2 Å². The van der Waals surface area contributed by atoms with Gasteiger partial charge in [-0.15, -0.1) is 0 Å². The van der Waals surface area contributed by atoms with Crippen molar-refractivity contribution in [2.75, 3.05) is 13.1 Å². The van der Waals surface area contributed by atoms with E-state index in [-0.39, 0.29) is 11.3 Å². The van der Waals surface area contributed by atoms with Gasteiger partial charge in [-0.1, -0.05) is 0 Å². The van der Waals surface area contributed by atoms with E-state index in [2.05, 4.69) is 15.7 Å². The summed E-state index contributed by atoms with van der Waals surface area (Å²) in [7, 11) is 1.88. The molecule has 1 unspecified atom stereocenters. The number of hydrogen-bond acceptors (Lipinski definition) is 3. The molecule has 1 saturated heterocycles. The first-order valence-electron chi connectivity index (χ1n) is 5.58. The van der Waals surface area contributed by atoms with Crippen LogP contribution in [0, 0.1) is 5.41 Å². The summed E-state index contributed by atoms with van der Waals surface area (Å²) in [6.07, 6.45) is 2.64. The van der Waals surface area contributed by atoms with Crippen LogP contribution >= 0.6 is 0 Å². The largest absolute Gasteiger partial charge is 0.350 e. The molecule has 0 aromatic carbocycles. The minimum atomic E-state index is -0.251. The molecule has 88 valence electrons. The maximum absolute atomic E-state index is 12.0. The van der Waals surface area contributed by atoms with E-state index in [1.807, 2.05) is 20.0 Å². The highest BCUT2D eigenvalue weighted by atomic mass is 16.2. The Morgan fingerprint density at radius 3 is 3.12 bits per heavy atom. The van der Waals surface area contributed by atoms with E-state index in [4.69, 9.17) is 0 Å². The third-order valence-electron chi connectivity index (χ3n) is 3.27. The number of carbonyl (C=O) groups is 1. The molecule has 1 aromatic rings. The molecule has 1 aliphatic heterocycles. The molecule has 1 aromatic heterocycles. The van der Waals surface area contributed by atoms with Gasteiger partial charge in [0, 0.05) is 19.8 Å². The van der Waals surface area contributed by atoms with Crippen LogP contribution in [0.2, 0.25) is 0 Å². The maximum atomic E-state index is 12.0. The van der Waals surface area contributed by atoms with Crippen LogP contribution in [0.5, 0.6) is 0 Å². The van der Waals surface area contributed by atoms with E-state index in [0.717, 1.165) is 25.2 Å². The van der Waals surface area contributed by atoms with Gasteiger partial charge in [-0.2, -0.15) is 5.10 Å². The summed E-state index contributed by atoms with van der Waals surface area (Å²) < 4.78 is 1.77. The van der Waals surface area contributed by atoms with Gasteiger partial charge in [0.15, 0.2) is 0 Å². The van der Waals surface area contributed by atoms with Crippen molar-refractivity contribution in [2.24, 2.45) is 12.5 Å². The molecular weight excluding hydrogens is 204 g/mol. The van der Waals surface area contributed by atoms with Gasteiger partial charge in [0.2, 0.25) is 5.91 Å². The van der Waals surface area contributed by atoms with E-state index in [0.29, 0.717) is 6.54 Å². The molecule has 0 aliphatic carbocycles. The summed E-state index contributed by atoms with van der Waals surface area (Å²) in [5.41, 5.74) is 0.765. The second-order valence-corrected chi connectivity index (χ2v) is 4.62. The zero-order chi connectivity index (χ0) is 11.6. The van der Waals surface area contributed by atoms with Crippen LogP contribution in [-0.2, 0) is 18.4 Å². The lowest BCUT2D eigenvalue weighted by Gasteiger charge is -2.21. The van der Waals surface area contributed by atoms with Crippen molar-refractivity contribution in [1.29, 1.82) is 0 Å². The van der Waals surface area contributed by atoms with Gasteiger partial charge in [-0.3, -0.25) is 9.48 Å². The van der Waals surface area contributed by atoms with Crippen molar-refractivity contribution in [1.82, 2.24) is 20.4 Å². The summed E-state index contributed by atoms with van der Waals surface area (Å²) in [5.74, 6) is 0.124. The minimum absolute atomic E-state index is 0.124. The van der Waals surface area contributed by atoms with Crippen LogP contribution in [0.1, 0.15) is 19.0 Å². The number of amides is 1. The Kier molecular flexibility index (Phi) is 2.96. The zero-order valence-electron chi connectivity index (χ0n) is 9.79. The van der Waals surface area contributed by atoms with E-state index in [9.17, 15) is 4.79 Å². The molecular formula is C11H18N4O. The maximum Gasteiger partial charge on any atom is 0.227 e. The Morgan fingerprint density at radius 2 is 2.56 bits per heavy atom. The molecule has 5 nitrogen and oxygen atoms in total. The number of rotatable bonds is 3. The highest BCUT2D eigenvalue weighted by Gasteiger charge is 2.35. The van der Waals surface area contributed by atoms with Crippen LogP contribution in [0.15, 0.2) is 12.3 Å². The van der Waals surface area contributed by atoms with Gasteiger partial charge < -0.3 is 10.6 Å². The fraction of sp³-hybridized carbons (Fsp3) is 0.636. The minimum Gasteiger partial charge on any atom is -0.350 e. The first-order chi connectivity index (χ1) is 7.62. The van der Waals surface area contributed by atoms with Crippen molar-refractivity contribution in [3.05, 3.63) is 18.0 Å². The lowest BCUT2D eigenvalue weighted by molar-refractivity contribution is -0.129. The van der Waals surface area contributed by atoms with Crippen LogP contribution in [-0.4, -0.2) is 28.8 Å². The molecule has 0 spiro atoms. The predicted molar refractivity (Wildman–Crippen MR) is 60.6 cm³/mol. The smallest absolute Gasteiger partial charge is 0.227 e. The molecule has 0 saturated carbocycles. The zero-order valence-corrected chi connectivity index (χ0v) is 9.79. The lowest BCUT2D eigenvalue weighted by atomic mass is 9.89. The highest BCUT2D eigenvalue weighted by Crippen LogP contribution is 2.24. The summed E-state index contributed by atoms with van der Waals surface area (Å²) >= 11 is 0. The van der Waals surface area contributed by atoms with Gasteiger partial charge in [0.1, 0.15) is 0 Å². The SMILES string of the molecule is Cn1nccc1CNC(=O)C1(C)CCNC1. The molecule has 1 atom stereocenters. The number of aryl methyl sites for hydroxylation is 1. The van der Waals surface area contributed by atoms with Gasteiger partial charge >= 0.3 is 0 Å². The highest BCUT2D eigenvalue weighted by molar-refractivity contribution is 5.82. The molecule has 16 heavy (non-hydrogen) atoms. The molecule has 1 fully saturated rings. The van der Waals surface area contributed by atoms with Crippen molar-refractivity contribution in [2.45, 2.75) is 19.9 Å². The molecule has 2 rings (SSSR count). The summed E-state index contributed by atoms with van der Waals surface area (Å²) in [5, 5.41) is 10.3. The summed E-state index contributed by atoms with van der Waals surface area (Å²) in [4.78, 5) is 12.0. The second-order valence-electron chi connectivity index (χ2n) is 4.62. The number of aromatic nitrogens is 2. The van der Waals surface area contributed by atoms with Crippen LogP contribution in [0.25, 0.3) is 0 Å². The van der Waals surface area contributed by atoms with Crippen molar-refractivity contribution in [3.8, 4) is 0 Å². The first kappa shape index (κ1) is 11.1. The van der Waals surface area contributed by atoms with Crippen molar-refractivity contribution in [3.63, 3.8) is 0 Å². The van der Waals surface area contributed by atoms with Crippen LogP contribution < -0.4 is 10.6 Å². The molecule has 0 bridgehead atoms. The van der Waals surface area contributed by atoms with E-state index in [1.165, 1.54) is 0 Å². The standard InChI is InChI=1S/C11H18N4O/c1-11(4-6-12-8-11)10(16)13-7-9-3-5-14-15(9)2/h3,5,12H,4,6-8H2,1-2H3,(H,13,16). The average molecular weight is 222 g/mol. The fourth-order valence-electron chi connectivity index (χ4n) is 1.97. The average Bonchev–Trinajstić information content (AvgIpc) is 2.85. The number of carbonyl (C=O) groups excluding carboxylic acids is 1. The Hall–Kier alpha value is -1.36.